The number of nitrogens with one attached hydrogen (secondary N) is 1. The third kappa shape index (κ3) is 3.36. The molecule has 1 atom stereocenters. The van der Waals surface area contributed by atoms with Crippen molar-refractivity contribution in [1.29, 1.82) is 5.41 Å². The second-order valence-electron chi connectivity index (χ2n) is 7.53. The molecule has 2 aliphatic rings. The average molecular weight is 381 g/mol. The second kappa shape index (κ2) is 6.76. The highest BCUT2D eigenvalue weighted by molar-refractivity contribution is 8.15. The summed E-state index contributed by atoms with van der Waals surface area (Å²) < 4.78 is 5.27. The summed E-state index contributed by atoms with van der Waals surface area (Å²) in [5, 5.41) is 8.86. The summed E-state index contributed by atoms with van der Waals surface area (Å²) in [6.07, 6.45) is 2.77. The van der Waals surface area contributed by atoms with E-state index in [0.717, 1.165) is 24.8 Å². The molecule has 1 aliphatic heterocycles. The minimum absolute atomic E-state index is 0.133. The SMILES string of the molecule is CCOC(=O)c1c(N2C(=N)SCC2=O)sc2c1CCC(C(C)(C)C)C2. The normalized spacial score (nSPS) is 20.8. The molecule has 136 valence electrons. The number of ether oxygens (including phenoxy) is 1. The van der Waals surface area contributed by atoms with Crippen molar-refractivity contribution in [1.82, 2.24) is 0 Å². The van der Waals surface area contributed by atoms with E-state index in [0.29, 0.717) is 23.1 Å². The third-order valence-corrected chi connectivity index (χ3v) is 7.03. The van der Waals surface area contributed by atoms with Gasteiger partial charge in [-0.2, -0.15) is 0 Å². The summed E-state index contributed by atoms with van der Waals surface area (Å²) in [5.74, 6) is 0.298. The van der Waals surface area contributed by atoms with Crippen LogP contribution in [0.4, 0.5) is 5.00 Å². The van der Waals surface area contributed by atoms with Gasteiger partial charge in [0.2, 0.25) is 5.91 Å². The van der Waals surface area contributed by atoms with Crippen molar-refractivity contribution in [3.05, 3.63) is 16.0 Å². The minimum atomic E-state index is -0.373. The highest BCUT2D eigenvalue weighted by atomic mass is 32.2. The van der Waals surface area contributed by atoms with Crippen LogP contribution in [0.3, 0.4) is 0 Å². The molecule has 1 saturated heterocycles. The minimum Gasteiger partial charge on any atom is -0.462 e. The van der Waals surface area contributed by atoms with Gasteiger partial charge in [-0.05, 0) is 43.1 Å². The van der Waals surface area contributed by atoms with Gasteiger partial charge in [0.25, 0.3) is 0 Å². The molecule has 0 bridgehead atoms. The highest BCUT2D eigenvalue weighted by Crippen LogP contribution is 2.46. The number of fused-ring (bicyclic) bond motifs is 1. The number of anilines is 1. The van der Waals surface area contributed by atoms with Crippen LogP contribution in [0.25, 0.3) is 0 Å². The van der Waals surface area contributed by atoms with E-state index in [1.165, 1.54) is 32.9 Å². The van der Waals surface area contributed by atoms with E-state index in [1.54, 1.807) is 6.92 Å². The first kappa shape index (κ1) is 18.5. The summed E-state index contributed by atoms with van der Waals surface area (Å²) in [4.78, 5) is 27.5. The fourth-order valence-corrected chi connectivity index (χ4v) is 5.67. The highest BCUT2D eigenvalue weighted by Gasteiger charge is 2.39. The lowest BCUT2D eigenvalue weighted by atomic mass is 9.72. The summed E-state index contributed by atoms with van der Waals surface area (Å²) in [6.45, 7) is 8.83. The molecule has 1 fully saturated rings. The number of thiophene rings is 1. The first-order valence-corrected chi connectivity index (χ1v) is 10.4. The number of amides is 1. The zero-order chi connectivity index (χ0) is 18.4. The van der Waals surface area contributed by atoms with Gasteiger partial charge in [0.15, 0.2) is 5.17 Å². The van der Waals surface area contributed by atoms with E-state index in [9.17, 15) is 9.59 Å². The maximum Gasteiger partial charge on any atom is 0.341 e. The Labute approximate surface area is 156 Å². The van der Waals surface area contributed by atoms with Gasteiger partial charge in [-0.15, -0.1) is 11.3 Å². The van der Waals surface area contributed by atoms with Crippen LogP contribution < -0.4 is 4.90 Å². The molecule has 1 aromatic rings. The van der Waals surface area contributed by atoms with Crippen molar-refractivity contribution in [3.8, 4) is 0 Å². The van der Waals surface area contributed by atoms with Crippen LogP contribution in [0.15, 0.2) is 0 Å². The topological polar surface area (TPSA) is 70.5 Å². The Bertz CT molecular complexity index is 717. The van der Waals surface area contributed by atoms with Gasteiger partial charge >= 0.3 is 5.97 Å². The molecule has 1 unspecified atom stereocenters. The lowest BCUT2D eigenvalue weighted by Gasteiger charge is -2.33. The van der Waals surface area contributed by atoms with Crippen LogP contribution in [-0.2, 0) is 22.4 Å². The molecule has 1 aromatic heterocycles. The first-order valence-electron chi connectivity index (χ1n) is 8.60. The predicted octanol–water partition coefficient (Wildman–Crippen LogP) is 4.09. The van der Waals surface area contributed by atoms with Gasteiger partial charge in [0, 0.05) is 4.88 Å². The predicted molar refractivity (Wildman–Crippen MR) is 103 cm³/mol. The number of esters is 1. The quantitative estimate of drug-likeness (QED) is 0.802. The average Bonchev–Trinajstić information content (AvgIpc) is 3.05. The fourth-order valence-electron chi connectivity index (χ4n) is 3.46. The molecule has 1 amide bonds. The summed E-state index contributed by atoms with van der Waals surface area (Å²) in [6, 6.07) is 0. The zero-order valence-electron chi connectivity index (χ0n) is 15.1. The van der Waals surface area contributed by atoms with Crippen molar-refractivity contribution in [2.24, 2.45) is 11.3 Å². The molecule has 0 radical (unpaired) electrons. The summed E-state index contributed by atoms with van der Waals surface area (Å²) >= 11 is 2.70. The molecule has 7 heteroatoms. The van der Waals surface area contributed by atoms with Gasteiger partial charge in [-0.3, -0.25) is 10.2 Å². The van der Waals surface area contributed by atoms with Crippen molar-refractivity contribution in [3.63, 3.8) is 0 Å². The van der Waals surface area contributed by atoms with Gasteiger partial charge in [0.05, 0.1) is 17.9 Å². The van der Waals surface area contributed by atoms with Crippen molar-refractivity contribution in [2.75, 3.05) is 17.3 Å². The largest absolute Gasteiger partial charge is 0.462 e. The van der Waals surface area contributed by atoms with Crippen LogP contribution in [-0.4, -0.2) is 29.4 Å². The number of hydrogen-bond acceptors (Lipinski definition) is 6. The zero-order valence-corrected chi connectivity index (χ0v) is 16.7. The van der Waals surface area contributed by atoms with E-state index in [-0.39, 0.29) is 28.2 Å². The van der Waals surface area contributed by atoms with E-state index >= 15 is 0 Å². The van der Waals surface area contributed by atoms with Crippen molar-refractivity contribution >= 4 is 45.1 Å². The number of thioether (sulfide) groups is 1. The molecule has 5 nitrogen and oxygen atoms in total. The van der Waals surface area contributed by atoms with Crippen LogP contribution in [0.2, 0.25) is 0 Å². The monoisotopic (exact) mass is 380 g/mol. The molecule has 1 N–H and O–H groups in total. The Morgan fingerprint density at radius 3 is 2.68 bits per heavy atom. The van der Waals surface area contributed by atoms with Crippen LogP contribution in [0, 0.1) is 16.7 Å². The molecule has 0 spiro atoms. The molecule has 1 aliphatic carbocycles. The molecule has 0 saturated carbocycles. The van der Waals surface area contributed by atoms with Gasteiger partial charge in [-0.1, -0.05) is 32.5 Å². The lowest BCUT2D eigenvalue weighted by Crippen LogP contribution is -2.29. The Morgan fingerprint density at radius 1 is 1.40 bits per heavy atom. The molecular weight excluding hydrogens is 356 g/mol. The Kier molecular flexibility index (Phi) is 4.99. The number of nitrogens with zero attached hydrogens (tertiary/aromatic N) is 1. The summed E-state index contributed by atoms with van der Waals surface area (Å²) in [7, 11) is 0. The Hall–Kier alpha value is -1.34. The fraction of sp³-hybridized carbons (Fsp3) is 0.611. The second-order valence-corrected chi connectivity index (χ2v) is 9.58. The van der Waals surface area contributed by atoms with Crippen LogP contribution in [0.5, 0.6) is 0 Å². The van der Waals surface area contributed by atoms with Crippen LogP contribution >= 0.6 is 23.1 Å². The third-order valence-electron chi connectivity index (χ3n) is 4.94. The van der Waals surface area contributed by atoms with Gasteiger partial charge in [0.1, 0.15) is 5.00 Å². The van der Waals surface area contributed by atoms with Crippen molar-refractivity contribution < 1.29 is 14.3 Å². The van der Waals surface area contributed by atoms with Gasteiger partial charge < -0.3 is 4.74 Å². The van der Waals surface area contributed by atoms with E-state index in [1.807, 2.05) is 0 Å². The first-order chi connectivity index (χ1) is 11.7. The molecule has 3 rings (SSSR count). The van der Waals surface area contributed by atoms with Crippen LogP contribution in [0.1, 0.15) is 54.9 Å². The maximum absolute atomic E-state index is 12.6. The Balaban J connectivity index is 2.06. The maximum atomic E-state index is 12.6. The van der Waals surface area contributed by atoms with Gasteiger partial charge in [-0.25, -0.2) is 9.69 Å². The molecule has 25 heavy (non-hydrogen) atoms. The number of rotatable bonds is 3. The van der Waals surface area contributed by atoms with E-state index < -0.39 is 0 Å². The Morgan fingerprint density at radius 2 is 2.12 bits per heavy atom. The number of carbonyl (C=O) groups is 2. The molecule has 0 aromatic carbocycles. The smallest absolute Gasteiger partial charge is 0.341 e. The van der Waals surface area contributed by atoms with Crippen molar-refractivity contribution in [2.45, 2.75) is 47.0 Å². The van der Waals surface area contributed by atoms with E-state index in [2.05, 4.69) is 20.8 Å². The standard InChI is InChI=1S/C18H24N2O3S2/c1-5-23-16(22)14-11-7-6-10(18(2,3)4)8-12(11)25-15(14)20-13(21)9-24-17(20)19/h10,19H,5-9H2,1-4H3. The number of carbonyl (C=O) groups excluding carboxylic acids is 2. The number of hydrogen-bond donors (Lipinski definition) is 1. The molecular formula is C18H24N2O3S2. The molecule has 2 heterocycles. The lowest BCUT2D eigenvalue weighted by molar-refractivity contribution is -0.115. The van der Waals surface area contributed by atoms with E-state index in [4.69, 9.17) is 10.1 Å². The summed E-state index contributed by atoms with van der Waals surface area (Å²) in [5.41, 5.74) is 1.74. The number of amidine groups is 1.